The monoisotopic (exact) mass is 272 g/mol. The van der Waals surface area contributed by atoms with E-state index in [1.807, 2.05) is 18.2 Å². The van der Waals surface area contributed by atoms with E-state index in [2.05, 4.69) is 6.92 Å². The van der Waals surface area contributed by atoms with Crippen LogP contribution in [0.15, 0.2) is 41.3 Å². The zero-order valence-corrected chi connectivity index (χ0v) is 13.3. The van der Waals surface area contributed by atoms with E-state index in [0.717, 1.165) is 23.6 Å². The molecule has 0 N–H and O–H groups in total. The van der Waals surface area contributed by atoms with Crippen LogP contribution in [-0.2, 0) is 16.5 Å². The van der Waals surface area contributed by atoms with E-state index in [4.69, 9.17) is 0 Å². The Labute approximate surface area is 129 Å². The number of fused-ring (bicyclic) bond motifs is 1. The summed E-state index contributed by atoms with van der Waals surface area (Å²) in [7, 11) is -4.36. The molecule has 90 valence electrons. The van der Waals surface area contributed by atoms with Crippen LogP contribution in [0.1, 0.15) is 18.9 Å². The Morgan fingerprint density at radius 3 is 2.28 bits per heavy atom. The Hall–Kier alpha value is -0.390. The summed E-state index contributed by atoms with van der Waals surface area (Å²) in [6.45, 7) is 2.11. The van der Waals surface area contributed by atoms with E-state index in [9.17, 15) is 13.0 Å². The van der Waals surface area contributed by atoms with Crippen molar-refractivity contribution in [2.75, 3.05) is 0 Å². The van der Waals surface area contributed by atoms with Crippen molar-refractivity contribution in [2.24, 2.45) is 0 Å². The van der Waals surface area contributed by atoms with Gasteiger partial charge in [-0.15, -0.1) is 0 Å². The molecular weight excluding hydrogens is 259 g/mol. The molecule has 0 aliphatic heterocycles. The number of aryl methyl sites for hydroxylation is 1. The zero-order chi connectivity index (χ0) is 12.5. The average Bonchev–Trinajstić information content (AvgIpc) is 2.27. The van der Waals surface area contributed by atoms with Crippen LogP contribution < -0.4 is 29.6 Å². The molecule has 3 nitrogen and oxygen atoms in total. The number of rotatable bonds is 3. The Morgan fingerprint density at radius 2 is 1.67 bits per heavy atom. The summed E-state index contributed by atoms with van der Waals surface area (Å²) in [5.74, 6) is 0. The average molecular weight is 272 g/mol. The minimum Gasteiger partial charge on any atom is -0.744 e. The van der Waals surface area contributed by atoms with Crippen LogP contribution in [0.3, 0.4) is 0 Å². The smallest absolute Gasteiger partial charge is 0.744 e. The molecule has 0 aromatic heterocycles. The van der Waals surface area contributed by atoms with Gasteiger partial charge in [-0.1, -0.05) is 37.6 Å². The first-order chi connectivity index (χ1) is 8.00. The first-order valence-corrected chi connectivity index (χ1v) is 6.90. The Kier molecular flexibility index (Phi) is 5.37. The minimum atomic E-state index is -4.36. The number of hydrogen-bond acceptors (Lipinski definition) is 3. The molecule has 0 saturated heterocycles. The fourth-order valence-electron chi connectivity index (χ4n) is 1.87. The Balaban J connectivity index is 0.00000162. The maximum Gasteiger partial charge on any atom is 1.00 e. The second-order valence-electron chi connectivity index (χ2n) is 4.05. The third-order valence-corrected chi connectivity index (χ3v) is 3.53. The summed E-state index contributed by atoms with van der Waals surface area (Å²) in [5.41, 5.74) is 1.22. The largest absolute Gasteiger partial charge is 1.00 e. The van der Waals surface area contributed by atoms with Gasteiger partial charge in [0.25, 0.3) is 0 Å². The molecule has 0 fully saturated rings. The molecule has 2 rings (SSSR count). The second kappa shape index (κ2) is 6.17. The van der Waals surface area contributed by atoms with Gasteiger partial charge >= 0.3 is 29.6 Å². The van der Waals surface area contributed by atoms with Gasteiger partial charge < -0.3 is 4.55 Å². The molecule has 0 aliphatic carbocycles. The third-order valence-electron chi connectivity index (χ3n) is 2.70. The van der Waals surface area contributed by atoms with Crippen LogP contribution in [0.25, 0.3) is 10.8 Å². The van der Waals surface area contributed by atoms with E-state index < -0.39 is 10.1 Å². The maximum atomic E-state index is 10.9. The third kappa shape index (κ3) is 3.56. The van der Waals surface area contributed by atoms with Crippen molar-refractivity contribution in [2.45, 2.75) is 24.7 Å². The molecule has 0 spiro atoms. The van der Waals surface area contributed by atoms with Crippen LogP contribution in [0.5, 0.6) is 0 Å². The summed E-state index contributed by atoms with van der Waals surface area (Å²) in [4.78, 5) is -0.173. The predicted molar refractivity (Wildman–Crippen MR) is 65.9 cm³/mol. The maximum absolute atomic E-state index is 10.9. The minimum absolute atomic E-state index is 0. The van der Waals surface area contributed by atoms with Crippen molar-refractivity contribution in [1.29, 1.82) is 0 Å². The van der Waals surface area contributed by atoms with E-state index in [0.29, 0.717) is 0 Å². The number of hydrogen-bond donors (Lipinski definition) is 0. The van der Waals surface area contributed by atoms with Crippen LogP contribution in [0.2, 0.25) is 0 Å². The van der Waals surface area contributed by atoms with Crippen LogP contribution in [0.4, 0.5) is 0 Å². The second-order valence-corrected chi connectivity index (χ2v) is 5.43. The Bertz CT molecular complexity index is 650. The molecule has 2 aromatic rings. The molecule has 2 aromatic carbocycles. The summed E-state index contributed by atoms with van der Waals surface area (Å²) < 4.78 is 32.7. The van der Waals surface area contributed by atoms with Gasteiger partial charge in [-0.3, -0.25) is 0 Å². The predicted octanol–water partition coefficient (Wildman–Crippen LogP) is -0.300. The van der Waals surface area contributed by atoms with Crippen LogP contribution in [-0.4, -0.2) is 13.0 Å². The van der Waals surface area contributed by atoms with Gasteiger partial charge in [-0.2, -0.15) is 0 Å². The van der Waals surface area contributed by atoms with Crippen molar-refractivity contribution in [3.63, 3.8) is 0 Å². The molecule has 0 heterocycles. The molecule has 0 bridgehead atoms. The topological polar surface area (TPSA) is 57.2 Å². The molecule has 18 heavy (non-hydrogen) atoms. The van der Waals surface area contributed by atoms with Crippen molar-refractivity contribution < 1.29 is 42.5 Å². The molecule has 5 heteroatoms. The fourth-order valence-corrected chi connectivity index (χ4v) is 2.38. The van der Waals surface area contributed by atoms with Gasteiger partial charge in [-0.25, -0.2) is 8.42 Å². The van der Waals surface area contributed by atoms with Crippen molar-refractivity contribution in [3.8, 4) is 0 Å². The van der Waals surface area contributed by atoms with E-state index >= 15 is 0 Å². The van der Waals surface area contributed by atoms with Crippen molar-refractivity contribution in [1.82, 2.24) is 0 Å². The number of benzene rings is 2. The molecule has 0 aliphatic rings. The summed E-state index contributed by atoms with van der Waals surface area (Å²) >= 11 is 0. The first-order valence-electron chi connectivity index (χ1n) is 5.49. The Morgan fingerprint density at radius 1 is 1.06 bits per heavy atom. The molecule has 0 radical (unpaired) electrons. The molecule has 0 atom stereocenters. The summed E-state index contributed by atoms with van der Waals surface area (Å²) in [5, 5.41) is 1.74. The van der Waals surface area contributed by atoms with E-state index in [1.54, 1.807) is 6.07 Å². The van der Waals surface area contributed by atoms with Gasteiger partial charge in [0.2, 0.25) is 0 Å². The standard InChI is InChI=1S/C13H14O3S.Na/c1-2-3-10-4-5-12-9-13(17(14,15)16)7-6-11(12)8-10;/h4-9H,2-3H2,1H3,(H,14,15,16);/q;+1/p-1. The van der Waals surface area contributed by atoms with Crippen LogP contribution in [0, 0.1) is 0 Å². The van der Waals surface area contributed by atoms with Gasteiger partial charge in [0.05, 0.1) is 4.90 Å². The summed E-state index contributed by atoms with van der Waals surface area (Å²) in [6.07, 6.45) is 2.07. The van der Waals surface area contributed by atoms with Gasteiger partial charge in [0, 0.05) is 0 Å². The molecular formula is C13H13NaO3S. The summed E-state index contributed by atoms with van der Waals surface area (Å²) in [6, 6.07) is 10.3. The molecule has 0 amide bonds. The SMILES string of the molecule is CCCc1ccc2cc(S(=O)(=O)[O-])ccc2c1.[Na+]. The molecule has 0 unspecified atom stereocenters. The first kappa shape index (κ1) is 15.7. The normalized spacial score (nSPS) is 11.2. The fraction of sp³-hybridized carbons (Fsp3) is 0.231. The van der Waals surface area contributed by atoms with Crippen LogP contribution >= 0.6 is 0 Å². The molecule has 0 saturated carbocycles. The van der Waals surface area contributed by atoms with E-state index in [-0.39, 0.29) is 34.5 Å². The van der Waals surface area contributed by atoms with Crippen molar-refractivity contribution in [3.05, 3.63) is 42.0 Å². The van der Waals surface area contributed by atoms with Gasteiger partial charge in [-0.05, 0) is 34.9 Å². The van der Waals surface area contributed by atoms with Gasteiger partial charge in [0.1, 0.15) is 10.1 Å². The van der Waals surface area contributed by atoms with Gasteiger partial charge in [0.15, 0.2) is 0 Å². The van der Waals surface area contributed by atoms with E-state index in [1.165, 1.54) is 17.7 Å². The van der Waals surface area contributed by atoms with Crippen molar-refractivity contribution >= 4 is 20.9 Å². The zero-order valence-electron chi connectivity index (χ0n) is 10.5. The quantitative estimate of drug-likeness (QED) is 0.569.